The van der Waals surface area contributed by atoms with Gasteiger partial charge in [0.1, 0.15) is 11.7 Å². The normalized spacial score (nSPS) is 21.4. The maximum atomic E-state index is 12.5. The van der Waals surface area contributed by atoms with Crippen LogP contribution in [-0.4, -0.2) is 22.7 Å². The number of aromatic nitrogens is 1. The summed E-state index contributed by atoms with van der Waals surface area (Å²) in [7, 11) is 1.63. The average molecular weight is 287 g/mol. The van der Waals surface area contributed by atoms with Gasteiger partial charge in [0, 0.05) is 18.1 Å². The Labute approximate surface area is 121 Å². The number of benzene rings is 1. The van der Waals surface area contributed by atoms with Crippen molar-refractivity contribution in [1.82, 2.24) is 4.57 Å². The number of cyclic esters (lactones) is 1. The molecule has 0 spiro atoms. The fraction of sp³-hybridized carbons (Fsp3) is 0.333. The van der Waals surface area contributed by atoms with Gasteiger partial charge in [-0.25, -0.2) is 4.79 Å². The zero-order chi connectivity index (χ0) is 15.3. The molecule has 3 rings (SSSR count). The standard InChI is InChI=1S/C15H17N3O3/c1-7-8(2)21-15(20)12-13(17-7)10-6-9(16)4-5-11(10)18(3)14(12)19/h4-8,17H,16H2,1-3H3/t7-,8?/m1/s1. The quantitative estimate of drug-likeness (QED) is 0.566. The fourth-order valence-corrected chi connectivity index (χ4v) is 2.58. The summed E-state index contributed by atoms with van der Waals surface area (Å²) in [6, 6.07) is 5.16. The van der Waals surface area contributed by atoms with Crippen molar-refractivity contribution in [1.29, 1.82) is 0 Å². The lowest BCUT2D eigenvalue weighted by molar-refractivity contribution is 0.0325. The summed E-state index contributed by atoms with van der Waals surface area (Å²) < 4.78 is 6.76. The monoisotopic (exact) mass is 287 g/mol. The molecule has 0 saturated heterocycles. The van der Waals surface area contributed by atoms with Crippen molar-refractivity contribution in [2.75, 3.05) is 11.1 Å². The third kappa shape index (κ3) is 1.94. The van der Waals surface area contributed by atoms with Crippen molar-refractivity contribution in [3.05, 3.63) is 34.1 Å². The summed E-state index contributed by atoms with van der Waals surface area (Å²) in [6.45, 7) is 3.70. The molecule has 2 atom stereocenters. The van der Waals surface area contributed by atoms with E-state index in [9.17, 15) is 9.59 Å². The van der Waals surface area contributed by atoms with Gasteiger partial charge in [-0.3, -0.25) is 4.79 Å². The predicted molar refractivity (Wildman–Crippen MR) is 81.6 cm³/mol. The molecule has 1 unspecified atom stereocenters. The number of nitrogens with zero attached hydrogens (tertiary/aromatic N) is 1. The van der Waals surface area contributed by atoms with Gasteiger partial charge >= 0.3 is 5.97 Å². The summed E-state index contributed by atoms with van der Waals surface area (Å²) in [5.74, 6) is -0.598. The number of nitrogens with one attached hydrogen (secondary N) is 1. The Morgan fingerprint density at radius 1 is 1.29 bits per heavy atom. The molecule has 0 fully saturated rings. The number of anilines is 2. The van der Waals surface area contributed by atoms with E-state index in [-0.39, 0.29) is 23.3 Å². The van der Waals surface area contributed by atoms with Crippen LogP contribution in [-0.2, 0) is 11.8 Å². The highest BCUT2D eigenvalue weighted by atomic mass is 16.5. The molecule has 1 aromatic carbocycles. The number of fused-ring (bicyclic) bond motifs is 3. The minimum atomic E-state index is -0.598. The highest BCUT2D eigenvalue weighted by Gasteiger charge is 2.30. The molecule has 0 amide bonds. The van der Waals surface area contributed by atoms with E-state index >= 15 is 0 Å². The molecular formula is C15H17N3O3. The molecular weight excluding hydrogens is 270 g/mol. The average Bonchev–Trinajstić information content (AvgIpc) is 2.54. The van der Waals surface area contributed by atoms with Crippen molar-refractivity contribution >= 4 is 28.2 Å². The molecule has 21 heavy (non-hydrogen) atoms. The van der Waals surface area contributed by atoms with Gasteiger partial charge in [-0.15, -0.1) is 0 Å². The SMILES string of the molecule is CC1OC(=O)c2c(c3cc(N)ccc3n(C)c2=O)N[C@@H]1C. The molecule has 0 saturated carbocycles. The van der Waals surface area contributed by atoms with E-state index in [0.717, 1.165) is 10.9 Å². The number of nitrogen functional groups attached to an aromatic ring is 1. The lowest BCUT2D eigenvalue weighted by atomic mass is 10.1. The lowest BCUT2D eigenvalue weighted by Crippen LogP contribution is -2.29. The molecule has 3 N–H and O–H groups in total. The van der Waals surface area contributed by atoms with Gasteiger partial charge < -0.3 is 20.4 Å². The van der Waals surface area contributed by atoms with E-state index in [0.29, 0.717) is 11.4 Å². The van der Waals surface area contributed by atoms with Crippen LogP contribution < -0.4 is 16.6 Å². The number of hydrogen-bond donors (Lipinski definition) is 2. The Balaban J connectivity index is 2.45. The van der Waals surface area contributed by atoms with Gasteiger partial charge in [-0.2, -0.15) is 0 Å². The highest BCUT2D eigenvalue weighted by molar-refractivity contribution is 6.06. The molecule has 110 valence electrons. The second kappa shape index (κ2) is 4.51. The summed E-state index contributed by atoms with van der Waals surface area (Å²) in [5, 5.41) is 3.97. The van der Waals surface area contributed by atoms with Crippen LogP contribution >= 0.6 is 0 Å². The van der Waals surface area contributed by atoms with Crippen LogP contribution in [0, 0.1) is 0 Å². The number of carbonyl (C=O) groups is 1. The second-order valence-electron chi connectivity index (χ2n) is 5.43. The van der Waals surface area contributed by atoms with Gasteiger partial charge in [0.15, 0.2) is 0 Å². The first-order valence-corrected chi connectivity index (χ1v) is 6.80. The van der Waals surface area contributed by atoms with E-state index in [2.05, 4.69) is 5.32 Å². The van der Waals surface area contributed by atoms with Gasteiger partial charge in [0.2, 0.25) is 0 Å². The summed E-state index contributed by atoms with van der Waals surface area (Å²) in [5.41, 5.74) is 7.30. The van der Waals surface area contributed by atoms with E-state index in [1.165, 1.54) is 4.57 Å². The summed E-state index contributed by atoms with van der Waals surface area (Å²) in [6.07, 6.45) is -0.328. The van der Waals surface area contributed by atoms with E-state index in [4.69, 9.17) is 10.5 Å². The van der Waals surface area contributed by atoms with Crippen molar-refractivity contribution in [3.63, 3.8) is 0 Å². The topological polar surface area (TPSA) is 86.3 Å². The molecule has 2 aromatic rings. The number of ether oxygens (including phenoxy) is 1. The molecule has 6 nitrogen and oxygen atoms in total. The Morgan fingerprint density at radius 2 is 2.00 bits per heavy atom. The van der Waals surface area contributed by atoms with E-state index in [1.54, 1.807) is 32.2 Å². The zero-order valence-electron chi connectivity index (χ0n) is 12.1. The minimum absolute atomic E-state index is 0.0341. The first-order chi connectivity index (χ1) is 9.90. The predicted octanol–water partition coefficient (Wildman–Crippen LogP) is 1.48. The molecule has 0 aliphatic carbocycles. The second-order valence-corrected chi connectivity index (χ2v) is 5.43. The first kappa shape index (κ1) is 13.5. The maximum Gasteiger partial charge on any atom is 0.346 e. The van der Waals surface area contributed by atoms with Gasteiger partial charge in [-0.05, 0) is 32.0 Å². The van der Waals surface area contributed by atoms with Crippen molar-refractivity contribution in [2.24, 2.45) is 7.05 Å². The Kier molecular flexibility index (Phi) is 2.90. The maximum absolute atomic E-state index is 12.5. The molecule has 1 aliphatic heterocycles. The lowest BCUT2D eigenvalue weighted by Gasteiger charge is -2.19. The molecule has 0 bridgehead atoms. The number of nitrogens with two attached hydrogens (primary N) is 1. The van der Waals surface area contributed by atoms with Crippen molar-refractivity contribution < 1.29 is 9.53 Å². The highest BCUT2D eigenvalue weighted by Crippen LogP contribution is 2.30. The van der Waals surface area contributed by atoms with Crippen molar-refractivity contribution in [2.45, 2.75) is 26.0 Å². The number of aryl methyl sites for hydroxylation is 1. The molecule has 6 heteroatoms. The van der Waals surface area contributed by atoms with Crippen molar-refractivity contribution in [3.8, 4) is 0 Å². The molecule has 0 radical (unpaired) electrons. The van der Waals surface area contributed by atoms with Crippen LogP contribution in [0.4, 0.5) is 11.4 Å². The van der Waals surface area contributed by atoms with Gasteiger partial charge in [0.05, 0.1) is 17.2 Å². The van der Waals surface area contributed by atoms with Crippen LogP contribution in [0.15, 0.2) is 23.0 Å². The number of hydrogen-bond acceptors (Lipinski definition) is 5. The van der Waals surface area contributed by atoms with E-state index in [1.807, 2.05) is 6.92 Å². The van der Waals surface area contributed by atoms with Crippen LogP contribution in [0.2, 0.25) is 0 Å². The number of pyridine rings is 1. The number of esters is 1. The fourth-order valence-electron chi connectivity index (χ4n) is 2.58. The number of carbonyl (C=O) groups excluding carboxylic acids is 1. The summed E-state index contributed by atoms with van der Waals surface area (Å²) in [4.78, 5) is 24.7. The Bertz CT molecular complexity index is 810. The molecule has 1 aromatic heterocycles. The summed E-state index contributed by atoms with van der Waals surface area (Å²) >= 11 is 0. The molecule has 1 aliphatic rings. The van der Waals surface area contributed by atoms with Crippen LogP contribution in [0.25, 0.3) is 10.9 Å². The first-order valence-electron chi connectivity index (χ1n) is 6.80. The van der Waals surface area contributed by atoms with Crippen LogP contribution in [0.1, 0.15) is 24.2 Å². The van der Waals surface area contributed by atoms with Crippen LogP contribution in [0.3, 0.4) is 0 Å². The Morgan fingerprint density at radius 3 is 2.71 bits per heavy atom. The van der Waals surface area contributed by atoms with Gasteiger partial charge in [0.25, 0.3) is 5.56 Å². The largest absolute Gasteiger partial charge is 0.457 e. The molecule has 2 heterocycles. The van der Waals surface area contributed by atoms with Gasteiger partial charge in [-0.1, -0.05) is 0 Å². The number of rotatable bonds is 0. The third-order valence-electron chi connectivity index (χ3n) is 3.99. The van der Waals surface area contributed by atoms with E-state index < -0.39 is 5.97 Å². The Hall–Kier alpha value is -2.50. The third-order valence-corrected chi connectivity index (χ3v) is 3.99. The zero-order valence-corrected chi connectivity index (χ0v) is 12.1. The smallest absolute Gasteiger partial charge is 0.346 e. The minimum Gasteiger partial charge on any atom is -0.457 e. The van der Waals surface area contributed by atoms with Crippen LogP contribution in [0.5, 0.6) is 0 Å².